The van der Waals surface area contributed by atoms with Crippen LogP contribution < -0.4 is 5.73 Å². The minimum Gasteiger partial charge on any atom is -0.338 e. The second kappa shape index (κ2) is 6.33. The van der Waals surface area contributed by atoms with E-state index in [-0.39, 0.29) is 12.4 Å². The molecule has 2 rings (SSSR count). The molecular weight excluding hydrogens is 240 g/mol. The van der Waals surface area contributed by atoms with Crippen molar-refractivity contribution < 1.29 is 4.52 Å². The van der Waals surface area contributed by atoms with E-state index in [0.29, 0.717) is 17.9 Å². The van der Waals surface area contributed by atoms with Gasteiger partial charge in [-0.1, -0.05) is 19.0 Å². The molecule has 1 atom stereocenters. The average molecular weight is 261 g/mol. The highest BCUT2D eigenvalue weighted by Gasteiger charge is 2.21. The quantitative estimate of drug-likeness (QED) is 0.882. The predicted octanol–water partition coefficient (Wildman–Crippen LogP) is 1.22. The number of aromatic nitrogens is 2. The Kier molecular flexibility index (Phi) is 5.36. The summed E-state index contributed by atoms with van der Waals surface area (Å²) in [6.45, 7) is 6.99. The molecule has 98 valence electrons. The molecule has 0 bridgehead atoms. The number of nitrogens with two attached hydrogens (primary N) is 1. The molecule has 0 aromatic carbocycles. The van der Waals surface area contributed by atoms with Gasteiger partial charge in [0.1, 0.15) is 0 Å². The van der Waals surface area contributed by atoms with E-state index in [4.69, 9.17) is 10.3 Å². The molecule has 1 aliphatic heterocycles. The molecule has 5 nitrogen and oxygen atoms in total. The standard InChI is InChI=1S/C11H20N4O.ClH/c1-8(2)5-10-13-11(16-14-10)7-15-4-3-9(12)6-15;/h8-9H,3-7,12H2,1-2H3;1H. The molecule has 0 saturated carbocycles. The summed E-state index contributed by atoms with van der Waals surface area (Å²) in [6, 6.07) is 0.304. The summed E-state index contributed by atoms with van der Waals surface area (Å²) in [6.07, 6.45) is 1.94. The molecule has 1 aromatic rings. The number of nitrogens with zero attached hydrogens (tertiary/aromatic N) is 3. The van der Waals surface area contributed by atoms with Crippen LogP contribution in [0.4, 0.5) is 0 Å². The minimum absolute atomic E-state index is 0. The first-order valence-corrected chi connectivity index (χ1v) is 5.93. The van der Waals surface area contributed by atoms with Crippen molar-refractivity contribution in [3.8, 4) is 0 Å². The lowest BCUT2D eigenvalue weighted by molar-refractivity contribution is 0.265. The van der Waals surface area contributed by atoms with Crippen LogP contribution in [0.15, 0.2) is 4.52 Å². The Labute approximate surface area is 108 Å². The third-order valence-electron chi connectivity index (χ3n) is 2.77. The van der Waals surface area contributed by atoms with Crippen molar-refractivity contribution in [3.63, 3.8) is 0 Å². The van der Waals surface area contributed by atoms with Crippen LogP contribution in [0.3, 0.4) is 0 Å². The second-order valence-corrected chi connectivity index (χ2v) is 4.99. The van der Waals surface area contributed by atoms with Gasteiger partial charge in [0.2, 0.25) is 5.89 Å². The van der Waals surface area contributed by atoms with E-state index in [0.717, 1.165) is 38.3 Å². The molecule has 0 amide bonds. The molecule has 1 unspecified atom stereocenters. The number of hydrogen-bond acceptors (Lipinski definition) is 5. The first-order valence-electron chi connectivity index (χ1n) is 5.93. The van der Waals surface area contributed by atoms with Gasteiger partial charge in [-0.15, -0.1) is 12.4 Å². The van der Waals surface area contributed by atoms with Gasteiger partial charge >= 0.3 is 0 Å². The van der Waals surface area contributed by atoms with Gasteiger partial charge in [-0.3, -0.25) is 4.90 Å². The molecule has 1 fully saturated rings. The van der Waals surface area contributed by atoms with Gasteiger partial charge in [0, 0.05) is 25.6 Å². The lowest BCUT2D eigenvalue weighted by Gasteiger charge is -2.10. The molecule has 1 aromatic heterocycles. The molecule has 2 heterocycles. The highest BCUT2D eigenvalue weighted by molar-refractivity contribution is 5.85. The Bertz CT molecular complexity index is 342. The summed E-state index contributed by atoms with van der Waals surface area (Å²) in [5, 5.41) is 3.97. The van der Waals surface area contributed by atoms with Gasteiger partial charge in [-0.25, -0.2) is 0 Å². The highest BCUT2D eigenvalue weighted by Crippen LogP contribution is 2.12. The minimum atomic E-state index is 0. The molecule has 6 heteroatoms. The summed E-state index contributed by atoms with van der Waals surface area (Å²) in [5.41, 5.74) is 5.84. The molecule has 1 saturated heterocycles. The fourth-order valence-electron chi connectivity index (χ4n) is 2.00. The Hall–Kier alpha value is -0.650. The Morgan fingerprint density at radius 3 is 2.88 bits per heavy atom. The molecule has 1 aliphatic rings. The number of rotatable bonds is 4. The highest BCUT2D eigenvalue weighted by atomic mass is 35.5. The fraction of sp³-hybridized carbons (Fsp3) is 0.818. The monoisotopic (exact) mass is 260 g/mol. The lowest BCUT2D eigenvalue weighted by Crippen LogP contribution is -2.26. The fourth-order valence-corrected chi connectivity index (χ4v) is 2.00. The Morgan fingerprint density at radius 2 is 2.29 bits per heavy atom. The van der Waals surface area contributed by atoms with E-state index in [1.54, 1.807) is 0 Å². The summed E-state index contributed by atoms with van der Waals surface area (Å²) in [4.78, 5) is 6.64. The normalized spacial score (nSPS) is 20.8. The third-order valence-corrected chi connectivity index (χ3v) is 2.77. The van der Waals surface area contributed by atoms with Gasteiger partial charge in [0.05, 0.1) is 6.54 Å². The second-order valence-electron chi connectivity index (χ2n) is 4.99. The maximum absolute atomic E-state index is 5.84. The molecule has 2 N–H and O–H groups in total. The van der Waals surface area contributed by atoms with E-state index < -0.39 is 0 Å². The SMILES string of the molecule is CC(C)Cc1noc(CN2CCC(N)C2)n1.Cl. The van der Waals surface area contributed by atoms with E-state index in [2.05, 4.69) is 28.9 Å². The van der Waals surface area contributed by atoms with Crippen LogP contribution >= 0.6 is 12.4 Å². The van der Waals surface area contributed by atoms with Crippen molar-refractivity contribution in [2.24, 2.45) is 11.7 Å². The maximum Gasteiger partial charge on any atom is 0.240 e. The number of halogens is 1. The van der Waals surface area contributed by atoms with Crippen molar-refractivity contribution in [1.29, 1.82) is 0 Å². The first kappa shape index (κ1) is 14.4. The van der Waals surface area contributed by atoms with Crippen molar-refractivity contribution >= 4 is 12.4 Å². The van der Waals surface area contributed by atoms with E-state index >= 15 is 0 Å². The van der Waals surface area contributed by atoms with Gasteiger partial charge in [-0.2, -0.15) is 4.98 Å². The van der Waals surface area contributed by atoms with E-state index in [1.165, 1.54) is 0 Å². The number of likely N-dealkylation sites (tertiary alicyclic amines) is 1. The zero-order valence-corrected chi connectivity index (χ0v) is 11.2. The largest absolute Gasteiger partial charge is 0.338 e. The summed E-state index contributed by atoms with van der Waals surface area (Å²) in [7, 11) is 0. The zero-order chi connectivity index (χ0) is 11.5. The summed E-state index contributed by atoms with van der Waals surface area (Å²) >= 11 is 0. The van der Waals surface area contributed by atoms with Crippen LogP contribution in [0.25, 0.3) is 0 Å². The summed E-state index contributed by atoms with van der Waals surface area (Å²) in [5.74, 6) is 2.09. The van der Waals surface area contributed by atoms with Crippen molar-refractivity contribution in [2.75, 3.05) is 13.1 Å². The Balaban J connectivity index is 0.00000144. The van der Waals surface area contributed by atoms with Crippen LogP contribution in [0.5, 0.6) is 0 Å². The van der Waals surface area contributed by atoms with Crippen LogP contribution in [0, 0.1) is 5.92 Å². The molecule has 0 spiro atoms. The van der Waals surface area contributed by atoms with Crippen molar-refractivity contribution in [1.82, 2.24) is 15.0 Å². The van der Waals surface area contributed by atoms with Gasteiger partial charge in [0.15, 0.2) is 5.82 Å². The smallest absolute Gasteiger partial charge is 0.240 e. The molecule has 0 radical (unpaired) electrons. The van der Waals surface area contributed by atoms with Gasteiger partial charge in [0.25, 0.3) is 0 Å². The predicted molar refractivity (Wildman–Crippen MR) is 68.0 cm³/mol. The molecular formula is C11H21ClN4O. The van der Waals surface area contributed by atoms with Crippen LogP contribution in [-0.2, 0) is 13.0 Å². The van der Waals surface area contributed by atoms with Crippen molar-refractivity contribution in [3.05, 3.63) is 11.7 Å². The maximum atomic E-state index is 5.84. The molecule has 0 aliphatic carbocycles. The van der Waals surface area contributed by atoms with Crippen LogP contribution in [0.2, 0.25) is 0 Å². The average Bonchev–Trinajstić information content (AvgIpc) is 2.76. The Morgan fingerprint density at radius 1 is 1.53 bits per heavy atom. The lowest BCUT2D eigenvalue weighted by atomic mass is 10.1. The summed E-state index contributed by atoms with van der Waals surface area (Å²) < 4.78 is 5.22. The first-order chi connectivity index (χ1) is 7.63. The molecule has 17 heavy (non-hydrogen) atoms. The van der Waals surface area contributed by atoms with Crippen LogP contribution in [-0.4, -0.2) is 34.2 Å². The van der Waals surface area contributed by atoms with Gasteiger partial charge < -0.3 is 10.3 Å². The number of hydrogen-bond donors (Lipinski definition) is 1. The van der Waals surface area contributed by atoms with E-state index in [9.17, 15) is 0 Å². The van der Waals surface area contributed by atoms with Gasteiger partial charge in [-0.05, 0) is 12.3 Å². The zero-order valence-electron chi connectivity index (χ0n) is 10.4. The van der Waals surface area contributed by atoms with E-state index in [1.807, 2.05) is 0 Å². The van der Waals surface area contributed by atoms with Crippen LogP contribution in [0.1, 0.15) is 32.0 Å². The van der Waals surface area contributed by atoms with Crippen molar-refractivity contribution in [2.45, 2.75) is 39.3 Å². The third kappa shape index (κ3) is 4.26. The topological polar surface area (TPSA) is 68.2 Å².